The lowest BCUT2D eigenvalue weighted by Gasteiger charge is -2.22. The molecule has 2 N–H and O–H groups in total. The van der Waals surface area contributed by atoms with Crippen molar-refractivity contribution in [3.05, 3.63) is 76.5 Å². The Bertz CT molecular complexity index is 1070. The average molecular weight is 405 g/mol. The van der Waals surface area contributed by atoms with Crippen LogP contribution in [0.1, 0.15) is 21.5 Å². The number of halogens is 1. The lowest BCUT2D eigenvalue weighted by atomic mass is 10.1. The number of hydrogen-bond donors (Lipinski definition) is 1. The highest BCUT2D eigenvalue weighted by molar-refractivity contribution is 7.93. The van der Waals surface area contributed by atoms with E-state index in [0.29, 0.717) is 11.1 Å². The fraction of sp³-hybridized carbons (Fsp3) is 0.111. The zero-order valence-electron chi connectivity index (χ0n) is 14.3. The first-order chi connectivity index (χ1) is 12.8. The van der Waals surface area contributed by atoms with Crippen molar-refractivity contribution in [2.75, 3.05) is 4.31 Å². The summed E-state index contributed by atoms with van der Waals surface area (Å²) in [6.45, 7) is 1.55. The molecule has 9 heteroatoms. The molecule has 0 aliphatic carbocycles. The average Bonchev–Trinajstić information content (AvgIpc) is 3.16. The van der Waals surface area contributed by atoms with Crippen LogP contribution in [0.3, 0.4) is 0 Å². The van der Waals surface area contributed by atoms with Gasteiger partial charge in [0.05, 0.1) is 11.4 Å². The van der Waals surface area contributed by atoms with Gasteiger partial charge in [0.2, 0.25) is 5.91 Å². The van der Waals surface area contributed by atoms with Gasteiger partial charge in [0.25, 0.3) is 10.0 Å². The van der Waals surface area contributed by atoms with Crippen LogP contribution in [-0.2, 0) is 16.6 Å². The number of sulfonamides is 1. The molecule has 0 bridgehead atoms. The first-order valence-corrected chi connectivity index (χ1v) is 10.2. The van der Waals surface area contributed by atoms with E-state index in [1.54, 1.807) is 24.4 Å². The van der Waals surface area contributed by atoms with Gasteiger partial charge in [0.15, 0.2) is 5.13 Å². The fourth-order valence-corrected chi connectivity index (χ4v) is 4.69. The quantitative estimate of drug-likeness (QED) is 0.682. The van der Waals surface area contributed by atoms with Gasteiger partial charge >= 0.3 is 0 Å². The number of anilines is 1. The van der Waals surface area contributed by atoms with E-state index in [0.717, 1.165) is 15.6 Å². The lowest BCUT2D eigenvalue weighted by molar-refractivity contribution is 0.1000. The molecule has 1 amide bonds. The third-order valence-corrected chi connectivity index (χ3v) is 6.58. The van der Waals surface area contributed by atoms with E-state index in [1.807, 2.05) is 0 Å². The zero-order chi connectivity index (χ0) is 19.6. The highest BCUT2D eigenvalue weighted by atomic mass is 32.2. The molecular formula is C18H16FN3O3S2. The maximum Gasteiger partial charge on any atom is 0.266 e. The van der Waals surface area contributed by atoms with Crippen LogP contribution in [0.2, 0.25) is 0 Å². The summed E-state index contributed by atoms with van der Waals surface area (Å²) in [6.07, 6.45) is 1.49. The number of nitrogens with zero attached hydrogens (tertiary/aromatic N) is 2. The largest absolute Gasteiger partial charge is 0.366 e. The smallest absolute Gasteiger partial charge is 0.266 e. The number of nitrogens with two attached hydrogens (primary N) is 1. The van der Waals surface area contributed by atoms with Crippen molar-refractivity contribution < 1.29 is 17.6 Å². The summed E-state index contributed by atoms with van der Waals surface area (Å²) < 4.78 is 41.3. The fourth-order valence-electron chi connectivity index (χ4n) is 2.41. The van der Waals surface area contributed by atoms with Crippen molar-refractivity contribution in [2.45, 2.75) is 18.4 Å². The molecule has 0 fully saturated rings. The first-order valence-electron chi connectivity index (χ1n) is 7.86. The van der Waals surface area contributed by atoms with Gasteiger partial charge in [-0.3, -0.25) is 4.79 Å². The van der Waals surface area contributed by atoms with E-state index in [-0.39, 0.29) is 22.1 Å². The molecule has 3 aromatic rings. The number of amides is 1. The minimum atomic E-state index is -3.98. The molecule has 0 atom stereocenters. The van der Waals surface area contributed by atoms with E-state index in [1.165, 1.54) is 36.5 Å². The SMILES string of the molecule is Cc1ccc(CN(c2nccs2)S(=O)(=O)c2ccc(C(N)=O)cc2)cc1F. The van der Waals surface area contributed by atoms with Crippen LogP contribution < -0.4 is 10.0 Å². The summed E-state index contributed by atoms with van der Waals surface area (Å²) in [5, 5.41) is 1.92. The topological polar surface area (TPSA) is 93.4 Å². The summed E-state index contributed by atoms with van der Waals surface area (Å²) in [5.41, 5.74) is 6.37. The Morgan fingerprint density at radius 3 is 2.48 bits per heavy atom. The third-order valence-electron chi connectivity index (χ3n) is 3.92. The molecule has 27 heavy (non-hydrogen) atoms. The highest BCUT2D eigenvalue weighted by Gasteiger charge is 2.27. The van der Waals surface area contributed by atoms with Crippen LogP contribution in [0.4, 0.5) is 9.52 Å². The third kappa shape index (κ3) is 3.99. The van der Waals surface area contributed by atoms with Crippen molar-refractivity contribution in [1.82, 2.24) is 4.98 Å². The Labute approximate surface area is 160 Å². The highest BCUT2D eigenvalue weighted by Crippen LogP contribution is 2.28. The molecule has 0 spiro atoms. The van der Waals surface area contributed by atoms with Crippen molar-refractivity contribution in [2.24, 2.45) is 5.73 Å². The molecule has 1 aromatic heterocycles. The Balaban J connectivity index is 2.01. The summed E-state index contributed by atoms with van der Waals surface area (Å²) in [4.78, 5) is 15.3. The molecule has 3 rings (SSSR count). The van der Waals surface area contributed by atoms with Crippen LogP contribution >= 0.6 is 11.3 Å². The Morgan fingerprint density at radius 2 is 1.93 bits per heavy atom. The number of rotatable bonds is 6. The standard InChI is InChI=1S/C18H16FN3O3S2/c1-12-2-3-13(10-16(12)19)11-22(18-21-8-9-26-18)27(24,25)15-6-4-14(5-7-15)17(20)23/h2-10H,11H2,1H3,(H2,20,23). The van der Waals surface area contributed by atoms with Crippen LogP contribution in [0.25, 0.3) is 0 Å². The predicted molar refractivity (Wildman–Crippen MR) is 102 cm³/mol. The molecule has 6 nitrogen and oxygen atoms in total. The van der Waals surface area contributed by atoms with E-state index in [4.69, 9.17) is 5.73 Å². The maximum atomic E-state index is 13.9. The predicted octanol–water partition coefficient (Wildman–Crippen LogP) is 3.09. The maximum absolute atomic E-state index is 13.9. The number of thiazole rings is 1. The second kappa shape index (κ2) is 7.45. The van der Waals surface area contributed by atoms with Crippen molar-refractivity contribution in [1.29, 1.82) is 0 Å². The van der Waals surface area contributed by atoms with Gasteiger partial charge in [0, 0.05) is 17.1 Å². The number of carbonyl (C=O) groups is 1. The number of carbonyl (C=O) groups excluding carboxylic acids is 1. The minimum absolute atomic E-state index is 0.0183. The van der Waals surface area contributed by atoms with Gasteiger partial charge < -0.3 is 5.73 Å². The van der Waals surface area contributed by atoms with E-state index in [2.05, 4.69) is 4.98 Å². The Morgan fingerprint density at radius 1 is 1.22 bits per heavy atom. The van der Waals surface area contributed by atoms with Crippen LogP contribution in [0.5, 0.6) is 0 Å². The molecule has 0 aliphatic rings. The minimum Gasteiger partial charge on any atom is -0.366 e. The zero-order valence-corrected chi connectivity index (χ0v) is 15.9. The number of aryl methyl sites for hydroxylation is 1. The molecule has 0 aliphatic heterocycles. The monoisotopic (exact) mass is 405 g/mol. The van der Waals surface area contributed by atoms with Gasteiger partial charge in [-0.1, -0.05) is 12.1 Å². The summed E-state index contributed by atoms with van der Waals surface area (Å²) >= 11 is 1.15. The number of benzene rings is 2. The molecular weight excluding hydrogens is 389 g/mol. The van der Waals surface area contributed by atoms with Crippen LogP contribution in [-0.4, -0.2) is 19.3 Å². The van der Waals surface area contributed by atoms with Crippen molar-refractivity contribution in [3.63, 3.8) is 0 Å². The lowest BCUT2D eigenvalue weighted by Crippen LogP contribution is -2.30. The molecule has 0 saturated carbocycles. The van der Waals surface area contributed by atoms with Gasteiger partial charge in [-0.05, 0) is 48.4 Å². The number of aromatic nitrogens is 1. The van der Waals surface area contributed by atoms with E-state index in [9.17, 15) is 17.6 Å². The molecule has 1 heterocycles. The van der Waals surface area contributed by atoms with Gasteiger partial charge in [0.1, 0.15) is 5.82 Å². The first kappa shape index (κ1) is 19.0. The number of primary amides is 1. The number of hydrogen-bond acceptors (Lipinski definition) is 5. The second-order valence-corrected chi connectivity index (χ2v) is 8.53. The van der Waals surface area contributed by atoms with E-state index >= 15 is 0 Å². The molecule has 2 aromatic carbocycles. The molecule has 0 saturated heterocycles. The van der Waals surface area contributed by atoms with Crippen molar-refractivity contribution >= 4 is 32.4 Å². The van der Waals surface area contributed by atoms with E-state index < -0.39 is 21.7 Å². The Kier molecular flexibility index (Phi) is 5.24. The molecule has 140 valence electrons. The summed E-state index contributed by atoms with van der Waals surface area (Å²) in [6, 6.07) is 9.89. The summed E-state index contributed by atoms with van der Waals surface area (Å²) in [5.74, 6) is -1.05. The van der Waals surface area contributed by atoms with Gasteiger partial charge in [-0.2, -0.15) is 0 Å². The van der Waals surface area contributed by atoms with Gasteiger partial charge in [-0.25, -0.2) is 22.1 Å². The summed E-state index contributed by atoms with van der Waals surface area (Å²) in [7, 11) is -3.98. The normalized spacial score (nSPS) is 11.3. The Hall–Kier alpha value is -2.78. The van der Waals surface area contributed by atoms with Crippen LogP contribution in [0, 0.1) is 12.7 Å². The van der Waals surface area contributed by atoms with Crippen LogP contribution in [0.15, 0.2) is 58.9 Å². The van der Waals surface area contributed by atoms with Gasteiger partial charge in [-0.15, -0.1) is 11.3 Å². The molecule has 0 unspecified atom stereocenters. The van der Waals surface area contributed by atoms with Crippen molar-refractivity contribution in [3.8, 4) is 0 Å². The molecule has 0 radical (unpaired) electrons. The second-order valence-electron chi connectivity index (χ2n) is 5.80.